The van der Waals surface area contributed by atoms with Gasteiger partial charge < -0.3 is 4.42 Å². The zero-order valence-corrected chi connectivity index (χ0v) is 41.2. The highest BCUT2D eigenvalue weighted by Gasteiger charge is 2.42. The maximum absolute atomic E-state index is 6.11. The van der Waals surface area contributed by atoms with Gasteiger partial charge in [-0.3, -0.25) is 0 Å². The SMILES string of the molecule is CCCCCCCCC1(CCCCCCCC)c2ccccc2-c2ccc(C(CCc3ccc(-c4ccc(-c5ccc6oc7ccccc7c6c5)cc4)cc3)c3ccc(-c4ccccc4)cc3)cc21. The van der Waals surface area contributed by atoms with Gasteiger partial charge in [0.25, 0.3) is 0 Å². The molecule has 8 aromatic carbocycles. The van der Waals surface area contributed by atoms with Crippen molar-refractivity contribution >= 4 is 21.9 Å². The molecular weight excluding hydrogens is 833 g/mol. The van der Waals surface area contributed by atoms with Gasteiger partial charge >= 0.3 is 0 Å². The van der Waals surface area contributed by atoms with E-state index in [9.17, 15) is 0 Å². The lowest BCUT2D eigenvalue weighted by Crippen LogP contribution is -2.26. The van der Waals surface area contributed by atoms with Gasteiger partial charge in [-0.15, -0.1) is 0 Å². The smallest absolute Gasteiger partial charge is 0.135 e. The highest BCUT2D eigenvalue weighted by Crippen LogP contribution is 2.55. The molecule has 348 valence electrons. The molecular formula is C68H70O. The third-order valence-electron chi connectivity index (χ3n) is 15.6. The molecule has 1 heterocycles. The van der Waals surface area contributed by atoms with Crippen LogP contribution >= 0.6 is 0 Å². The van der Waals surface area contributed by atoms with Gasteiger partial charge in [0, 0.05) is 22.1 Å². The molecule has 10 rings (SSSR count). The summed E-state index contributed by atoms with van der Waals surface area (Å²) in [5.74, 6) is 0.274. The number of para-hydroxylation sites is 1. The summed E-state index contributed by atoms with van der Waals surface area (Å²) < 4.78 is 6.11. The predicted octanol–water partition coefficient (Wildman–Crippen LogP) is 20.1. The Labute approximate surface area is 412 Å². The van der Waals surface area contributed by atoms with Crippen LogP contribution in [0.25, 0.3) is 66.4 Å². The van der Waals surface area contributed by atoms with E-state index in [4.69, 9.17) is 4.42 Å². The molecule has 0 spiro atoms. The minimum absolute atomic E-state index is 0.0650. The third-order valence-corrected chi connectivity index (χ3v) is 15.6. The second kappa shape index (κ2) is 21.9. The van der Waals surface area contributed by atoms with Crippen LogP contribution < -0.4 is 0 Å². The summed E-state index contributed by atoms with van der Waals surface area (Å²) in [5, 5.41) is 2.33. The zero-order chi connectivity index (χ0) is 46.8. The van der Waals surface area contributed by atoms with E-state index in [0.717, 1.165) is 34.8 Å². The highest BCUT2D eigenvalue weighted by molar-refractivity contribution is 6.06. The normalized spacial score (nSPS) is 13.2. The van der Waals surface area contributed by atoms with Crippen LogP contribution in [0.4, 0.5) is 0 Å². The Morgan fingerprint density at radius 2 is 0.884 bits per heavy atom. The van der Waals surface area contributed by atoms with Gasteiger partial charge in [0.05, 0.1) is 0 Å². The molecule has 1 aliphatic rings. The Kier molecular flexibility index (Phi) is 14.7. The topological polar surface area (TPSA) is 13.1 Å². The van der Waals surface area contributed by atoms with Crippen molar-refractivity contribution in [2.24, 2.45) is 0 Å². The lowest BCUT2D eigenvalue weighted by molar-refractivity contribution is 0.397. The van der Waals surface area contributed by atoms with Gasteiger partial charge in [0.1, 0.15) is 11.2 Å². The molecule has 1 atom stereocenters. The fraction of sp³-hybridized carbons (Fsp3) is 0.294. The summed E-state index contributed by atoms with van der Waals surface area (Å²) in [6.07, 6.45) is 20.5. The number of furan rings is 1. The van der Waals surface area contributed by atoms with E-state index >= 15 is 0 Å². The Morgan fingerprint density at radius 3 is 1.58 bits per heavy atom. The van der Waals surface area contributed by atoms with Crippen LogP contribution in [0.3, 0.4) is 0 Å². The Morgan fingerprint density at radius 1 is 0.377 bits per heavy atom. The second-order valence-electron chi connectivity index (χ2n) is 20.1. The molecule has 0 fully saturated rings. The molecule has 0 amide bonds. The van der Waals surface area contributed by atoms with Gasteiger partial charge in [-0.2, -0.15) is 0 Å². The van der Waals surface area contributed by atoms with Crippen LogP contribution in [-0.4, -0.2) is 0 Å². The van der Waals surface area contributed by atoms with Crippen molar-refractivity contribution in [2.75, 3.05) is 0 Å². The number of benzene rings is 8. The minimum Gasteiger partial charge on any atom is -0.456 e. The number of rotatable bonds is 22. The van der Waals surface area contributed by atoms with Gasteiger partial charge in [-0.1, -0.05) is 261 Å². The van der Waals surface area contributed by atoms with Gasteiger partial charge in [0.2, 0.25) is 0 Å². The zero-order valence-electron chi connectivity index (χ0n) is 41.2. The number of hydrogen-bond donors (Lipinski definition) is 0. The highest BCUT2D eigenvalue weighted by atomic mass is 16.3. The van der Waals surface area contributed by atoms with E-state index in [2.05, 4.69) is 190 Å². The molecule has 9 aromatic rings. The average molecular weight is 903 g/mol. The molecule has 1 aromatic heterocycles. The molecule has 0 bridgehead atoms. The molecule has 0 N–H and O–H groups in total. The summed E-state index contributed by atoms with van der Waals surface area (Å²) in [6.45, 7) is 4.65. The fourth-order valence-electron chi connectivity index (χ4n) is 11.8. The van der Waals surface area contributed by atoms with Crippen LogP contribution in [-0.2, 0) is 11.8 Å². The Balaban J connectivity index is 0.927. The van der Waals surface area contributed by atoms with Gasteiger partial charge in [0.15, 0.2) is 0 Å². The molecule has 1 aliphatic carbocycles. The average Bonchev–Trinajstić information content (AvgIpc) is 3.91. The lowest BCUT2D eigenvalue weighted by atomic mass is 9.70. The first-order chi connectivity index (χ1) is 34.1. The fourth-order valence-corrected chi connectivity index (χ4v) is 11.8. The van der Waals surface area contributed by atoms with Crippen molar-refractivity contribution < 1.29 is 4.42 Å². The van der Waals surface area contributed by atoms with Gasteiger partial charge in [-0.05, 0) is 116 Å². The molecule has 0 saturated heterocycles. The Bertz CT molecular complexity index is 3040. The van der Waals surface area contributed by atoms with Crippen molar-refractivity contribution in [1.82, 2.24) is 0 Å². The van der Waals surface area contributed by atoms with Crippen molar-refractivity contribution in [1.29, 1.82) is 0 Å². The predicted molar refractivity (Wildman–Crippen MR) is 295 cm³/mol. The van der Waals surface area contributed by atoms with Crippen LogP contribution in [0, 0.1) is 0 Å². The second-order valence-corrected chi connectivity index (χ2v) is 20.1. The molecule has 1 nitrogen and oxygen atoms in total. The first kappa shape index (κ1) is 46.3. The van der Waals surface area contributed by atoms with E-state index < -0.39 is 0 Å². The van der Waals surface area contributed by atoms with Crippen LogP contribution in [0.1, 0.15) is 144 Å². The molecule has 1 unspecified atom stereocenters. The van der Waals surface area contributed by atoms with Crippen LogP contribution in [0.15, 0.2) is 192 Å². The first-order valence-electron chi connectivity index (χ1n) is 26.6. The Hall–Kier alpha value is -6.44. The van der Waals surface area contributed by atoms with E-state index in [1.165, 1.54) is 151 Å². The molecule has 0 radical (unpaired) electrons. The number of aryl methyl sites for hydroxylation is 1. The summed E-state index contributed by atoms with van der Waals surface area (Å²) in [6, 6.07) is 70.8. The lowest BCUT2D eigenvalue weighted by Gasteiger charge is -2.33. The monoisotopic (exact) mass is 903 g/mol. The third kappa shape index (κ3) is 10.2. The number of fused-ring (bicyclic) bond motifs is 6. The standard InChI is InChI=1S/C68H70O/c1-3-5-7-9-11-20-46-68(47-21-12-10-8-6-4-2)64-26-18-16-24-60(64)61-44-41-58(49-65(61)68)59(56-39-37-53(38-40-56)51-22-14-13-15-23-51)43-30-50-28-31-52(32-29-50)54-33-35-55(36-34-54)57-42-45-67-63(48-57)62-25-17-19-27-66(62)69-67/h13-19,22-29,31-42,44-45,48-49,59H,3-12,20-21,30,43,46-47H2,1-2H3. The maximum Gasteiger partial charge on any atom is 0.135 e. The quantitative estimate of drug-likeness (QED) is 0.0618. The van der Waals surface area contributed by atoms with Crippen LogP contribution in [0.5, 0.6) is 0 Å². The van der Waals surface area contributed by atoms with E-state index in [0.29, 0.717) is 0 Å². The number of unbranched alkanes of at least 4 members (excludes halogenated alkanes) is 10. The number of hydrogen-bond acceptors (Lipinski definition) is 1. The summed E-state index contributed by atoms with van der Waals surface area (Å²) in [4.78, 5) is 0. The van der Waals surface area contributed by atoms with Crippen molar-refractivity contribution in [3.8, 4) is 44.5 Å². The summed E-state index contributed by atoms with van der Waals surface area (Å²) in [5.41, 5.74) is 19.7. The molecule has 1 heteroatoms. The van der Waals surface area contributed by atoms with Crippen molar-refractivity contribution in [3.05, 3.63) is 216 Å². The molecule has 0 saturated carbocycles. The summed E-state index contributed by atoms with van der Waals surface area (Å²) in [7, 11) is 0. The largest absolute Gasteiger partial charge is 0.456 e. The van der Waals surface area contributed by atoms with Crippen molar-refractivity contribution in [3.63, 3.8) is 0 Å². The van der Waals surface area contributed by atoms with E-state index in [1.807, 2.05) is 12.1 Å². The first-order valence-corrected chi connectivity index (χ1v) is 26.6. The van der Waals surface area contributed by atoms with Crippen molar-refractivity contribution in [2.45, 2.75) is 128 Å². The van der Waals surface area contributed by atoms with E-state index in [-0.39, 0.29) is 11.3 Å². The minimum atomic E-state index is 0.0650. The van der Waals surface area contributed by atoms with E-state index in [1.54, 1.807) is 11.1 Å². The van der Waals surface area contributed by atoms with Crippen LogP contribution in [0.2, 0.25) is 0 Å². The molecule has 69 heavy (non-hydrogen) atoms. The maximum atomic E-state index is 6.11. The molecule has 0 aliphatic heterocycles. The summed E-state index contributed by atoms with van der Waals surface area (Å²) >= 11 is 0. The van der Waals surface area contributed by atoms with Gasteiger partial charge in [-0.25, -0.2) is 0 Å².